The summed E-state index contributed by atoms with van der Waals surface area (Å²) >= 11 is 0. The molecule has 130 valence electrons. The first-order valence-electron chi connectivity index (χ1n) is 8.75. The topological polar surface area (TPSA) is 53.5 Å². The highest BCUT2D eigenvalue weighted by Crippen LogP contribution is 2.42. The number of carbonyl (C=O) groups excluding carboxylic acids is 2. The quantitative estimate of drug-likeness (QED) is 0.801. The predicted molar refractivity (Wildman–Crippen MR) is 92.0 cm³/mol. The van der Waals surface area contributed by atoms with Crippen LogP contribution in [0, 0.1) is 10.8 Å². The molecule has 2 aliphatic rings. The fourth-order valence-electron chi connectivity index (χ4n) is 3.71. The van der Waals surface area contributed by atoms with Gasteiger partial charge in [0.15, 0.2) is 0 Å². The number of nitrogens with zero attached hydrogens (tertiary/aromatic N) is 3. The van der Waals surface area contributed by atoms with Crippen LogP contribution in [0.5, 0.6) is 0 Å². The van der Waals surface area contributed by atoms with Gasteiger partial charge in [-0.25, -0.2) is 0 Å². The van der Waals surface area contributed by atoms with E-state index in [0.29, 0.717) is 26.1 Å². The molecule has 2 amide bonds. The normalized spacial score (nSPS) is 20.2. The monoisotopic (exact) mass is 329 g/mol. The molecule has 0 N–H and O–H groups in total. The number of rotatable bonds is 3. The van der Waals surface area contributed by atoms with Crippen LogP contribution in [0.25, 0.3) is 0 Å². The first-order chi connectivity index (χ1) is 11.3. The molecule has 3 heterocycles. The molecule has 0 aliphatic carbocycles. The number of β-lactam (4-membered cyclic amide) rings is 1. The summed E-state index contributed by atoms with van der Waals surface area (Å²) in [5.41, 5.74) is 0.859. The molecule has 1 aromatic rings. The van der Waals surface area contributed by atoms with Gasteiger partial charge < -0.3 is 9.80 Å². The SMILES string of the molecule is CC(C)(C)CC(=O)N1CCC2(CC1)CN(Cc1cccnc1)C2=O. The Kier molecular flexibility index (Phi) is 4.37. The lowest BCUT2D eigenvalue weighted by Crippen LogP contribution is -2.64. The molecule has 0 aromatic carbocycles. The van der Waals surface area contributed by atoms with E-state index in [0.717, 1.165) is 24.9 Å². The number of piperidine rings is 1. The van der Waals surface area contributed by atoms with E-state index < -0.39 is 0 Å². The second kappa shape index (κ2) is 6.19. The molecule has 1 aromatic heterocycles. The Balaban J connectivity index is 1.52. The van der Waals surface area contributed by atoms with E-state index in [1.165, 1.54) is 0 Å². The zero-order valence-corrected chi connectivity index (χ0v) is 14.9. The third-order valence-electron chi connectivity index (χ3n) is 5.09. The summed E-state index contributed by atoms with van der Waals surface area (Å²) in [5, 5.41) is 0. The van der Waals surface area contributed by atoms with E-state index in [1.807, 2.05) is 28.1 Å². The first-order valence-corrected chi connectivity index (χ1v) is 8.75. The number of amides is 2. The Morgan fingerprint density at radius 3 is 2.54 bits per heavy atom. The van der Waals surface area contributed by atoms with Crippen LogP contribution in [0.2, 0.25) is 0 Å². The zero-order valence-electron chi connectivity index (χ0n) is 14.9. The smallest absolute Gasteiger partial charge is 0.231 e. The Labute approximate surface area is 144 Å². The second-order valence-electron chi connectivity index (χ2n) is 8.42. The minimum Gasteiger partial charge on any atom is -0.343 e. The Bertz CT molecular complexity index is 613. The van der Waals surface area contributed by atoms with Crippen LogP contribution in [0.4, 0.5) is 0 Å². The molecular weight excluding hydrogens is 302 g/mol. The van der Waals surface area contributed by atoms with Gasteiger partial charge in [-0.3, -0.25) is 14.6 Å². The van der Waals surface area contributed by atoms with Crippen LogP contribution in [0.3, 0.4) is 0 Å². The highest BCUT2D eigenvalue weighted by molar-refractivity contribution is 5.89. The van der Waals surface area contributed by atoms with E-state index in [-0.39, 0.29) is 22.6 Å². The van der Waals surface area contributed by atoms with Crippen LogP contribution in [-0.2, 0) is 16.1 Å². The predicted octanol–water partition coefficient (Wildman–Crippen LogP) is 2.47. The van der Waals surface area contributed by atoms with Gasteiger partial charge in [-0.15, -0.1) is 0 Å². The van der Waals surface area contributed by atoms with Crippen molar-refractivity contribution in [3.63, 3.8) is 0 Å². The van der Waals surface area contributed by atoms with E-state index in [1.54, 1.807) is 6.20 Å². The molecule has 1 spiro atoms. The molecule has 5 nitrogen and oxygen atoms in total. The summed E-state index contributed by atoms with van der Waals surface area (Å²) in [5.74, 6) is 0.464. The van der Waals surface area contributed by atoms with Gasteiger partial charge in [-0.1, -0.05) is 26.8 Å². The van der Waals surface area contributed by atoms with E-state index in [9.17, 15) is 9.59 Å². The maximum Gasteiger partial charge on any atom is 0.231 e. The Morgan fingerprint density at radius 2 is 2.00 bits per heavy atom. The van der Waals surface area contributed by atoms with Gasteiger partial charge in [0.25, 0.3) is 0 Å². The minimum absolute atomic E-state index is 0.0129. The third kappa shape index (κ3) is 3.45. The summed E-state index contributed by atoms with van der Waals surface area (Å²) < 4.78 is 0. The van der Waals surface area contributed by atoms with Crippen molar-refractivity contribution < 1.29 is 9.59 Å². The number of pyridine rings is 1. The molecule has 0 radical (unpaired) electrons. The standard InChI is InChI=1S/C19H27N3O2/c1-18(2,3)11-16(23)21-9-6-19(7-10-21)14-22(17(19)24)13-15-5-4-8-20-12-15/h4-5,8,12H,6-7,9-11,13-14H2,1-3H3. The zero-order chi connectivity index (χ0) is 17.4. The van der Waals surface area contributed by atoms with Crippen molar-refractivity contribution in [2.24, 2.45) is 10.8 Å². The lowest BCUT2D eigenvalue weighted by molar-refractivity contribution is -0.168. The highest BCUT2D eigenvalue weighted by Gasteiger charge is 2.53. The maximum absolute atomic E-state index is 12.7. The number of aromatic nitrogens is 1. The Hall–Kier alpha value is -1.91. The number of carbonyl (C=O) groups is 2. The fraction of sp³-hybridized carbons (Fsp3) is 0.632. The first kappa shape index (κ1) is 16.9. The van der Waals surface area contributed by atoms with Crippen LogP contribution in [0.15, 0.2) is 24.5 Å². The van der Waals surface area contributed by atoms with Crippen molar-refractivity contribution >= 4 is 11.8 Å². The van der Waals surface area contributed by atoms with Crippen molar-refractivity contribution in [1.29, 1.82) is 0 Å². The van der Waals surface area contributed by atoms with Crippen molar-refractivity contribution in [3.8, 4) is 0 Å². The maximum atomic E-state index is 12.7. The van der Waals surface area contributed by atoms with Crippen molar-refractivity contribution in [2.45, 2.75) is 46.6 Å². The molecule has 5 heteroatoms. The van der Waals surface area contributed by atoms with E-state index in [4.69, 9.17) is 0 Å². The fourth-order valence-corrected chi connectivity index (χ4v) is 3.71. The molecule has 2 fully saturated rings. The number of likely N-dealkylation sites (tertiary alicyclic amines) is 2. The lowest BCUT2D eigenvalue weighted by atomic mass is 9.70. The number of hydrogen-bond acceptors (Lipinski definition) is 3. The van der Waals surface area contributed by atoms with Crippen molar-refractivity contribution in [3.05, 3.63) is 30.1 Å². The second-order valence-corrected chi connectivity index (χ2v) is 8.42. The largest absolute Gasteiger partial charge is 0.343 e. The molecule has 3 rings (SSSR count). The average molecular weight is 329 g/mol. The van der Waals surface area contributed by atoms with Gasteiger partial charge in [0, 0.05) is 45.0 Å². The summed E-state index contributed by atoms with van der Waals surface area (Å²) in [7, 11) is 0. The van der Waals surface area contributed by atoms with Gasteiger partial charge >= 0.3 is 0 Å². The summed E-state index contributed by atoms with van der Waals surface area (Å²) in [6.45, 7) is 9.12. The number of hydrogen-bond donors (Lipinski definition) is 0. The molecule has 2 saturated heterocycles. The van der Waals surface area contributed by atoms with Gasteiger partial charge in [0.2, 0.25) is 11.8 Å². The molecular formula is C19H27N3O2. The third-order valence-corrected chi connectivity index (χ3v) is 5.09. The van der Waals surface area contributed by atoms with E-state index in [2.05, 4.69) is 25.8 Å². The molecule has 2 aliphatic heterocycles. The molecule has 0 unspecified atom stereocenters. The molecule has 0 saturated carbocycles. The van der Waals surface area contributed by atoms with Crippen LogP contribution >= 0.6 is 0 Å². The van der Waals surface area contributed by atoms with Gasteiger partial charge in [0.1, 0.15) is 0 Å². The molecule has 0 atom stereocenters. The van der Waals surface area contributed by atoms with Crippen LogP contribution < -0.4 is 0 Å². The summed E-state index contributed by atoms with van der Waals surface area (Å²) in [4.78, 5) is 32.9. The Morgan fingerprint density at radius 1 is 1.29 bits per heavy atom. The summed E-state index contributed by atoms with van der Waals surface area (Å²) in [6, 6.07) is 3.90. The lowest BCUT2D eigenvalue weighted by Gasteiger charge is -2.52. The van der Waals surface area contributed by atoms with E-state index >= 15 is 0 Å². The average Bonchev–Trinajstić information content (AvgIpc) is 2.54. The van der Waals surface area contributed by atoms with Crippen LogP contribution in [0.1, 0.15) is 45.6 Å². The highest BCUT2D eigenvalue weighted by atomic mass is 16.2. The molecule has 24 heavy (non-hydrogen) atoms. The van der Waals surface area contributed by atoms with Gasteiger partial charge in [-0.05, 0) is 29.9 Å². The summed E-state index contributed by atoms with van der Waals surface area (Å²) in [6.07, 6.45) is 5.72. The van der Waals surface area contributed by atoms with Gasteiger partial charge in [-0.2, -0.15) is 0 Å². The van der Waals surface area contributed by atoms with Gasteiger partial charge in [0.05, 0.1) is 5.41 Å². The van der Waals surface area contributed by atoms with Crippen molar-refractivity contribution in [1.82, 2.24) is 14.8 Å². The molecule has 0 bridgehead atoms. The van der Waals surface area contributed by atoms with Crippen molar-refractivity contribution in [2.75, 3.05) is 19.6 Å². The minimum atomic E-state index is -0.222. The van der Waals surface area contributed by atoms with Crippen LogP contribution in [-0.4, -0.2) is 46.2 Å².